The van der Waals surface area contributed by atoms with Gasteiger partial charge in [-0.25, -0.2) is 0 Å². The molecule has 0 aliphatic carbocycles. The molecule has 0 bridgehead atoms. The van der Waals surface area contributed by atoms with E-state index < -0.39 is 0 Å². The minimum atomic E-state index is 0.134. The summed E-state index contributed by atoms with van der Waals surface area (Å²) in [6, 6.07) is 0.134. The van der Waals surface area contributed by atoms with Crippen LogP contribution in [-0.4, -0.2) is 6.04 Å². The largest absolute Gasteiger partial charge is 0.328 e. The minimum absolute atomic E-state index is 0.134. The van der Waals surface area contributed by atoms with Gasteiger partial charge in [0.15, 0.2) is 0 Å². The number of hydrogen-bond acceptors (Lipinski definition) is 1. The van der Waals surface area contributed by atoms with E-state index in [1.54, 1.807) is 0 Å². The Morgan fingerprint density at radius 1 is 2.00 bits per heavy atom. The monoisotopic (exact) mass is 72.1 g/mol. The van der Waals surface area contributed by atoms with E-state index in [1.807, 2.05) is 6.92 Å². The molecular weight excluding hydrogens is 62.1 g/mol. The molecule has 1 heteroatoms. The van der Waals surface area contributed by atoms with E-state index in [-0.39, 0.29) is 6.04 Å². The first-order valence-corrected chi connectivity index (χ1v) is 1.86. The standard InChI is InChI=1S/C4H10N/c1-3-4(2)5/h4H,2-3,5H2,1H3. The van der Waals surface area contributed by atoms with Crippen LogP contribution in [0.2, 0.25) is 0 Å². The predicted molar refractivity (Wildman–Crippen MR) is 23.6 cm³/mol. The van der Waals surface area contributed by atoms with Gasteiger partial charge in [-0.15, -0.1) is 0 Å². The van der Waals surface area contributed by atoms with Crippen LogP contribution in [-0.2, 0) is 0 Å². The second-order valence-corrected chi connectivity index (χ2v) is 1.17. The lowest BCUT2D eigenvalue weighted by Gasteiger charge is -1.91. The Morgan fingerprint density at radius 3 is 2.20 bits per heavy atom. The SMILES string of the molecule is [CH2]C(N)CC. The lowest BCUT2D eigenvalue weighted by Crippen LogP contribution is -2.12. The lowest BCUT2D eigenvalue weighted by atomic mass is 10.3. The van der Waals surface area contributed by atoms with Gasteiger partial charge in [0.25, 0.3) is 0 Å². The molecule has 0 fully saturated rings. The molecule has 0 spiro atoms. The van der Waals surface area contributed by atoms with Crippen molar-refractivity contribution in [1.29, 1.82) is 0 Å². The Kier molecular flexibility index (Phi) is 2.19. The van der Waals surface area contributed by atoms with E-state index in [0.717, 1.165) is 6.42 Å². The molecule has 31 valence electrons. The molecule has 0 amide bonds. The highest BCUT2D eigenvalue weighted by molar-refractivity contribution is 4.56. The molecule has 0 saturated carbocycles. The van der Waals surface area contributed by atoms with Gasteiger partial charge in [0.2, 0.25) is 0 Å². The second kappa shape index (κ2) is 2.21. The zero-order chi connectivity index (χ0) is 4.28. The van der Waals surface area contributed by atoms with E-state index in [9.17, 15) is 0 Å². The summed E-state index contributed by atoms with van der Waals surface area (Å²) in [5.41, 5.74) is 5.18. The lowest BCUT2D eigenvalue weighted by molar-refractivity contribution is 0.779. The van der Waals surface area contributed by atoms with Crippen molar-refractivity contribution in [3.8, 4) is 0 Å². The van der Waals surface area contributed by atoms with E-state index in [1.165, 1.54) is 0 Å². The van der Waals surface area contributed by atoms with Crippen LogP contribution >= 0.6 is 0 Å². The fourth-order valence-corrected chi connectivity index (χ4v) is 0. The normalized spacial score (nSPS) is 15.0. The molecule has 1 atom stereocenters. The van der Waals surface area contributed by atoms with Gasteiger partial charge in [0, 0.05) is 6.04 Å². The first-order chi connectivity index (χ1) is 2.27. The molecule has 1 radical (unpaired) electrons. The summed E-state index contributed by atoms with van der Waals surface area (Å²) < 4.78 is 0. The first kappa shape index (κ1) is 4.96. The van der Waals surface area contributed by atoms with E-state index >= 15 is 0 Å². The van der Waals surface area contributed by atoms with Crippen LogP contribution in [0.5, 0.6) is 0 Å². The fraction of sp³-hybridized carbons (Fsp3) is 0.750. The molecule has 1 nitrogen and oxygen atoms in total. The zero-order valence-corrected chi connectivity index (χ0v) is 3.57. The molecular formula is C4H10N. The highest BCUT2D eigenvalue weighted by atomic mass is 14.6. The maximum absolute atomic E-state index is 5.18. The fourth-order valence-electron chi connectivity index (χ4n) is 0. The molecule has 5 heavy (non-hydrogen) atoms. The minimum Gasteiger partial charge on any atom is -0.328 e. The summed E-state index contributed by atoms with van der Waals surface area (Å²) in [4.78, 5) is 0. The molecule has 0 heterocycles. The average molecular weight is 72.1 g/mol. The maximum Gasteiger partial charge on any atom is 0.00367 e. The third kappa shape index (κ3) is 3.96. The second-order valence-electron chi connectivity index (χ2n) is 1.17. The van der Waals surface area contributed by atoms with Crippen molar-refractivity contribution < 1.29 is 0 Å². The first-order valence-electron chi connectivity index (χ1n) is 1.86. The molecule has 0 saturated heterocycles. The molecule has 0 aromatic rings. The van der Waals surface area contributed by atoms with Crippen LogP contribution in [0.15, 0.2) is 0 Å². The van der Waals surface area contributed by atoms with Crippen LogP contribution in [0.1, 0.15) is 13.3 Å². The number of rotatable bonds is 1. The Bertz CT molecular complexity index is 17.6. The third-order valence-electron chi connectivity index (χ3n) is 0.524. The maximum atomic E-state index is 5.18. The van der Waals surface area contributed by atoms with Crippen LogP contribution in [0.3, 0.4) is 0 Å². The Balaban J connectivity index is 2.54. The van der Waals surface area contributed by atoms with Crippen molar-refractivity contribution >= 4 is 0 Å². The van der Waals surface area contributed by atoms with Crippen LogP contribution in [0.4, 0.5) is 0 Å². The van der Waals surface area contributed by atoms with Gasteiger partial charge in [-0.2, -0.15) is 0 Å². The highest BCUT2D eigenvalue weighted by Gasteiger charge is 1.79. The highest BCUT2D eigenvalue weighted by Crippen LogP contribution is 1.76. The average Bonchev–Trinajstić information content (AvgIpc) is 1.38. The third-order valence-corrected chi connectivity index (χ3v) is 0.524. The van der Waals surface area contributed by atoms with Crippen LogP contribution < -0.4 is 5.73 Å². The van der Waals surface area contributed by atoms with Gasteiger partial charge in [-0.1, -0.05) is 6.92 Å². The molecule has 0 aromatic heterocycles. The summed E-state index contributed by atoms with van der Waals surface area (Å²) in [5.74, 6) is 0. The predicted octanol–water partition coefficient (Wildman–Crippen LogP) is 0.558. The molecule has 2 N–H and O–H groups in total. The van der Waals surface area contributed by atoms with Gasteiger partial charge < -0.3 is 5.73 Å². The molecule has 0 aliphatic heterocycles. The smallest absolute Gasteiger partial charge is 0.00367 e. The van der Waals surface area contributed by atoms with Crippen molar-refractivity contribution in [2.24, 2.45) is 5.73 Å². The van der Waals surface area contributed by atoms with Crippen molar-refractivity contribution in [2.45, 2.75) is 19.4 Å². The zero-order valence-electron chi connectivity index (χ0n) is 3.57. The van der Waals surface area contributed by atoms with Crippen LogP contribution in [0.25, 0.3) is 0 Å². The Hall–Kier alpha value is -0.0400. The Morgan fingerprint density at radius 2 is 2.20 bits per heavy atom. The van der Waals surface area contributed by atoms with Crippen molar-refractivity contribution in [3.63, 3.8) is 0 Å². The van der Waals surface area contributed by atoms with Gasteiger partial charge in [0.1, 0.15) is 0 Å². The van der Waals surface area contributed by atoms with E-state index in [2.05, 4.69) is 6.92 Å². The van der Waals surface area contributed by atoms with Gasteiger partial charge >= 0.3 is 0 Å². The number of hydrogen-bond donors (Lipinski definition) is 1. The van der Waals surface area contributed by atoms with Crippen molar-refractivity contribution in [3.05, 3.63) is 6.92 Å². The summed E-state index contributed by atoms with van der Waals surface area (Å²) in [6.07, 6.45) is 0.972. The van der Waals surface area contributed by atoms with Gasteiger partial charge in [-0.3, -0.25) is 0 Å². The topological polar surface area (TPSA) is 26.0 Å². The summed E-state index contributed by atoms with van der Waals surface area (Å²) in [6.45, 7) is 5.55. The van der Waals surface area contributed by atoms with E-state index in [4.69, 9.17) is 5.73 Å². The van der Waals surface area contributed by atoms with E-state index in [0.29, 0.717) is 0 Å². The summed E-state index contributed by atoms with van der Waals surface area (Å²) in [5, 5.41) is 0. The van der Waals surface area contributed by atoms with Crippen LogP contribution in [0, 0.1) is 6.92 Å². The van der Waals surface area contributed by atoms with Gasteiger partial charge in [-0.05, 0) is 13.3 Å². The Labute approximate surface area is 33.2 Å². The van der Waals surface area contributed by atoms with Crippen molar-refractivity contribution in [1.82, 2.24) is 0 Å². The summed E-state index contributed by atoms with van der Waals surface area (Å²) in [7, 11) is 0. The quantitative estimate of drug-likeness (QED) is 0.481. The molecule has 0 aliphatic rings. The van der Waals surface area contributed by atoms with Crippen molar-refractivity contribution in [2.75, 3.05) is 0 Å². The number of nitrogens with two attached hydrogens (primary N) is 1. The molecule has 0 rings (SSSR count). The summed E-state index contributed by atoms with van der Waals surface area (Å²) >= 11 is 0. The molecule has 1 unspecified atom stereocenters. The van der Waals surface area contributed by atoms with Gasteiger partial charge in [0.05, 0.1) is 0 Å². The molecule has 0 aromatic carbocycles.